The standard InChI is InChI=1S/C21H20F3N3O4/c1-12-16(17(31-27-12)15-6-4-5-11-25-15)19(28)26-18(20(2,3)29)13-7-9-14(10-8-13)30-21(22,23)24/h4-11,18,29H,1-3H3,(H,26,28)/t18-/m0/s1. The highest BCUT2D eigenvalue weighted by atomic mass is 19.4. The van der Waals surface area contributed by atoms with Crippen LogP contribution in [0.5, 0.6) is 5.75 Å². The van der Waals surface area contributed by atoms with Gasteiger partial charge < -0.3 is 19.7 Å². The molecule has 0 spiro atoms. The van der Waals surface area contributed by atoms with Gasteiger partial charge >= 0.3 is 6.36 Å². The highest BCUT2D eigenvalue weighted by Crippen LogP contribution is 2.31. The smallest absolute Gasteiger partial charge is 0.406 e. The second-order valence-electron chi connectivity index (χ2n) is 7.36. The van der Waals surface area contributed by atoms with Crippen molar-refractivity contribution in [2.45, 2.75) is 38.8 Å². The third-order valence-electron chi connectivity index (χ3n) is 4.42. The van der Waals surface area contributed by atoms with Crippen LogP contribution < -0.4 is 10.1 Å². The van der Waals surface area contributed by atoms with Crippen LogP contribution >= 0.6 is 0 Å². The van der Waals surface area contributed by atoms with Crippen molar-refractivity contribution in [1.82, 2.24) is 15.5 Å². The molecule has 2 aromatic heterocycles. The molecule has 0 fully saturated rings. The minimum Gasteiger partial charge on any atom is -0.406 e. The van der Waals surface area contributed by atoms with Crippen LogP contribution in [-0.2, 0) is 0 Å². The first kappa shape index (κ1) is 22.3. The van der Waals surface area contributed by atoms with Crippen molar-refractivity contribution >= 4 is 5.91 Å². The minimum atomic E-state index is -4.82. The molecule has 0 radical (unpaired) electrons. The van der Waals surface area contributed by atoms with Crippen LogP contribution in [0.4, 0.5) is 13.2 Å². The molecule has 1 aromatic carbocycles. The van der Waals surface area contributed by atoms with E-state index in [9.17, 15) is 23.1 Å². The molecule has 0 aliphatic heterocycles. The average Bonchev–Trinajstić information content (AvgIpc) is 3.07. The molecular weight excluding hydrogens is 415 g/mol. The van der Waals surface area contributed by atoms with Crippen molar-refractivity contribution in [3.63, 3.8) is 0 Å². The van der Waals surface area contributed by atoms with Crippen LogP contribution in [0, 0.1) is 6.92 Å². The van der Waals surface area contributed by atoms with E-state index in [1.165, 1.54) is 26.0 Å². The Morgan fingerprint density at radius 1 is 1.16 bits per heavy atom. The molecule has 10 heteroatoms. The van der Waals surface area contributed by atoms with E-state index in [0.717, 1.165) is 12.1 Å². The molecule has 31 heavy (non-hydrogen) atoms. The highest BCUT2D eigenvalue weighted by molar-refractivity contribution is 6.00. The van der Waals surface area contributed by atoms with Crippen LogP contribution in [-0.4, -0.2) is 33.1 Å². The summed E-state index contributed by atoms with van der Waals surface area (Å²) in [5.74, 6) is -0.828. The minimum absolute atomic E-state index is 0.143. The first-order valence-electron chi connectivity index (χ1n) is 9.22. The number of halogens is 3. The van der Waals surface area contributed by atoms with Gasteiger partial charge in [0.1, 0.15) is 17.0 Å². The van der Waals surface area contributed by atoms with E-state index < -0.39 is 29.7 Å². The topological polar surface area (TPSA) is 97.5 Å². The van der Waals surface area contributed by atoms with Crippen LogP contribution in [0.3, 0.4) is 0 Å². The van der Waals surface area contributed by atoms with Crippen molar-refractivity contribution < 1.29 is 32.3 Å². The summed E-state index contributed by atoms with van der Waals surface area (Å²) in [7, 11) is 0. The van der Waals surface area contributed by atoms with Crippen molar-refractivity contribution in [3.8, 4) is 17.2 Å². The number of aryl methyl sites for hydroxylation is 1. The molecule has 3 rings (SSSR count). The average molecular weight is 435 g/mol. The van der Waals surface area contributed by atoms with Gasteiger partial charge in [-0.1, -0.05) is 23.4 Å². The molecule has 0 saturated carbocycles. The summed E-state index contributed by atoms with van der Waals surface area (Å²) >= 11 is 0. The maximum absolute atomic E-state index is 13.1. The Balaban J connectivity index is 1.90. The number of rotatable bonds is 6. The van der Waals surface area contributed by atoms with Gasteiger partial charge in [-0.3, -0.25) is 9.78 Å². The van der Waals surface area contributed by atoms with Crippen molar-refractivity contribution in [1.29, 1.82) is 0 Å². The summed E-state index contributed by atoms with van der Waals surface area (Å²) in [4.78, 5) is 17.2. The lowest BCUT2D eigenvalue weighted by molar-refractivity contribution is -0.274. The number of ether oxygens (including phenoxy) is 1. The Morgan fingerprint density at radius 2 is 1.84 bits per heavy atom. The van der Waals surface area contributed by atoms with E-state index in [2.05, 4.69) is 20.2 Å². The fourth-order valence-corrected chi connectivity index (χ4v) is 3.04. The zero-order valence-corrected chi connectivity index (χ0v) is 16.9. The Hall–Kier alpha value is -3.40. The van der Waals surface area contributed by atoms with E-state index in [-0.39, 0.29) is 11.3 Å². The molecule has 0 bridgehead atoms. The largest absolute Gasteiger partial charge is 0.573 e. The van der Waals surface area contributed by atoms with Crippen molar-refractivity contribution in [3.05, 3.63) is 65.5 Å². The molecule has 0 aliphatic carbocycles. The molecule has 2 N–H and O–H groups in total. The van der Waals surface area contributed by atoms with E-state index >= 15 is 0 Å². The number of hydrogen-bond donors (Lipinski definition) is 2. The highest BCUT2D eigenvalue weighted by Gasteiger charge is 2.34. The second kappa shape index (κ2) is 8.38. The van der Waals surface area contributed by atoms with Gasteiger partial charge in [-0.05, 0) is 50.6 Å². The SMILES string of the molecule is Cc1noc(-c2ccccn2)c1C(=O)N[C@@H](c1ccc(OC(F)(F)F)cc1)C(C)(C)O. The number of carbonyl (C=O) groups is 1. The second-order valence-corrected chi connectivity index (χ2v) is 7.36. The molecule has 1 atom stereocenters. The fraction of sp³-hybridized carbons (Fsp3) is 0.286. The number of pyridine rings is 1. The van der Waals surface area contributed by atoms with Gasteiger partial charge in [-0.2, -0.15) is 0 Å². The maximum atomic E-state index is 13.1. The van der Waals surface area contributed by atoms with Gasteiger partial charge in [0, 0.05) is 6.20 Å². The Labute approximate surface area is 175 Å². The first-order chi connectivity index (χ1) is 14.5. The zero-order valence-electron chi connectivity index (χ0n) is 16.9. The van der Waals surface area contributed by atoms with E-state index in [1.807, 2.05) is 0 Å². The van der Waals surface area contributed by atoms with Crippen LogP contribution in [0.25, 0.3) is 11.5 Å². The number of nitrogens with zero attached hydrogens (tertiary/aromatic N) is 2. The molecule has 3 aromatic rings. The Kier molecular flexibility index (Phi) is 6.03. The number of aliphatic hydroxyl groups is 1. The molecule has 0 unspecified atom stereocenters. The van der Waals surface area contributed by atoms with Gasteiger partial charge in [0.25, 0.3) is 5.91 Å². The van der Waals surface area contributed by atoms with E-state index in [1.54, 1.807) is 31.3 Å². The number of hydrogen-bond acceptors (Lipinski definition) is 6. The predicted molar refractivity (Wildman–Crippen MR) is 104 cm³/mol. The molecule has 7 nitrogen and oxygen atoms in total. The molecule has 0 saturated heterocycles. The predicted octanol–water partition coefficient (Wildman–Crippen LogP) is 4.19. The quantitative estimate of drug-likeness (QED) is 0.603. The lowest BCUT2D eigenvalue weighted by Crippen LogP contribution is -2.42. The number of aromatic nitrogens is 2. The Bertz CT molecular complexity index is 1040. The number of amides is 1. The van der Waals surface area contributed by atoms with Crippen LogP contribution in [0.1, 0.15) is 41.5 Å². The van der Waals surface area contributed by atoms with Crippen molar-refractivity contribution in [2.75, 3.05) is 0 Å². The van der Waals surface area contributed by atoms with Gasteiger partial charge in [0.05, 0.1) is 17.3 Å². The van der Waals surface area contributed by atoms with Gasteiger partial charge in [-0.15, -0.1) is 13.2 Å². The van der Waals surface area contributed by atoms with E-state index in [0.29, 0.717) is 17.0 Å². The van der Waals surface area contributed by atoms with Gasteiger partial charge in [0.2, 0.25) is 0 Å². The number of benzene rings is 1. The van der Waals surface area contributed by atoms with Gasteiger partial charge in [0.15, 0.2) is 5.76 Å². The lowest BCUT2D eigenvalue weighted by Gasteiger charge is -2.30. The molecule has 164 valence electrons. The summed E-state index contributed by atoms with van der Waals surface area (Å²) in [5, 5.41) is 17.2. The maximum Gasteiger partial charge on any atom is 0.573 e. The number of nitrogens with one attached hydrogen (secondary N) is 1. The van der Waals surface area contributed by atoms with Crippen LogP contribution in [0.15, 0.2) is 53.2 Å². The van der Waals surface area contributed by atoms with Gasteiger partial charge in [-0.25, -0.2) is 0 Å². The summed E-state index contributed by atoms with van der Waals surface area (Å²) in [6.45, 7) is 4.53. The number of alkyl halides is 3. The summed E-state index contributed by atoms with van der Waals surface area (Å²) in [5.41, 5.74) is -0.199. The number of carbonyl (C=O) groups excluding carboxylic acids is 1. The third-order valence-corrected chi connectivity index (χ3v) is 4.42. The van der Waals surface area contributed by atoms with E-state index in [4.69, 9.17) is 4.52 Å². The third kappa shape index (κ3) is 5.40. The fourth-order valence-electron chi connectivity index (χ4n) is 3.04. The molecule has 0 aliphatic rings. The molecule has 1 amide bonds. The molecule has 2 heterocycles. The summed E-state index contributed by atoms with van der Waals surface area (Å²) in [6, 6.07) is 9.04. The Morgan fingerprint density at radius 3 is 2.39 bits per heavy atom. The summed E-state index contributed by atoms with van der Waals surface area (Å²) in [6.07, 6.45) is -3.28. The lowest BCUT2D eigenvalue weighted by atomic mass is 9.91. The summed E-state index contributed by atoms with van der Waals surface area (Å²) < 4.78 is 46.3. The molecular formula is C21H20F3N3O4. The van der Waals surface area contributed by atoms with Crippen LogP contribution in [0.2, 0.25) is 0 Å². The normalized spacial score (nSPS) is 13.0. The zero-order chi connectivity index (χ0) is 22.8. The first-order valence-corrected chi connectivity index (χ1v) is 9.22. The van der Waals surface area contributed by atoms with Crippen molar-refractivity contribution in [2.24, 2.45) is 0 Å². The monoisotopic (exact) mass is 435 g/mol.